The van der Waals surface area contributed by atoms with E-state index in [1.165, 1.54) is 11.0 Å². The summed E-state index contributed by atoms with van der Waals surface area (Å²) >= 11 is 0. The Balaban J connectivity index is 2.00. The molecule has 1 saturated heterocycles. The number of benzene rings is 1. The third-order valence-electron chi connectivity index (χ3n) is 3.26. The van der Waals surface area contributed by atoms with Gasteiger partial charge in [-0.1, -0.05) is 11.6 Å². The lowest BCUT2D eigenvalue weighted by atomic mass is 9.95. The summed E-state index contributed by atoms with van der Waals surface area (Å²) in [4.78, 5) is 24.2. The van der Waals surface area contributed by atoms with Crippen molar-refractivity contribution in [1.29, 1.82) is 0 Å². The number of carboxylic acid groups (broad SMARTS) is 1. The van der Waals surface area contributed by atoms with Crippen molar-refractivity contribution < 1.29 is 24.5 Å². The minimum Gasteiger partial charge on any atom is -0.507 e. The van der Waals surface area contributed by atoms with E-state index in [-0.39, 0.29) is 23.8 Å². The number of rotatable bonds is 4. The maximum atomic E-state index is 12.2. The number of carboxylic acids is 1. The summed E-state index contributed by atoms with van der Waals surface area (Å²) in [7, 11) is 0. The molecule has 0 spiro atoms. The van der Waals surface area contributed by atoms with Gasteiger partial charge in [-0.2, -0.15) is 0 Å². The maximum Gasteiger partial charge on any atom is 0.329 e. The summed E-state index contributed by atoms with van der Waals surface area (Å²) in [6, 6.07) is 4.84. The van der Waals surface area contributed by atoms with Crippen molar-refractivity contribution in [2.24, 2.45) is 0 Å². The van der Waals surface area contributed by atoms with Crippen LogP contribution >= 0.6 is 0 Å². The second-order valence-electron chi connectivity index (χ2n) is 5.31. The first-order valence-corrected chi connectivity index (χ1v) is 6.25. The summed E-state index contributed by atoms with van der Waals surface area (Å²) in [5, 5.41) is 18.3. The lowest BCUT2D eigenvalue weighted by molar-refractivity contribution is -0.159. The molecule has 1 heterocycles. The van der Waals surface area contributed by atoms with Crippen LogP contribution in [-0.2, 0) is 9.53 Å². The van der Waals surface area contributed by atoms with Crippen LogP contribution in [-0.4, -0.2) is 52.3 Å². The van der Waals surface area contributed by atoms with Crippen molar-refractivity contribution in [3.63, 3.8) is 0 Å². The van der Waals surface area contributed by atoms with Gasteiger partial charge in [-0.25, -0.2) is 4.79 Å². The van der Waals surface area contributed by atoms with Gasteiger partial charge in [-0.15, -0.1) is 0 Å². The van der Waals surface area contributed by atoms with Crippen LogP contribution in [0.25, 0.3) is 0 Å². The number of phenols is 1. The van der Waals surface area contributed by atoms with Crippen molar-refractivity contribution in [1.82, 2.24) is 4.90 Å². The number of nitrogens with zero attached hydrogens (tertiary/aromatic N) is 1. The molecular weight excluding hydrogens is 262 g/mol. The largest absolute Gasteiger partial charge is 0.507 e. The van der Waals surface area contributed by atoms with Gasteiger partial charge in [0.1, 0.15) is 18.0 Å². The average Bonchev–Trinajstić information content (AvgIpc) is 2.35. The van der Waals surface area contributed by atoms with Crippen LogP contribution in [0, 0.1) is 6.92 Å². The number of carbonyl (C=O) groups excluding carboxylic acids is 1. The summed E-state index contributed by atoms with van der Waals surface area (Å²) in [6.45, 7) is 3.84. The lowest BCUT2D eigenvalue weighted by Gasteiger charge is -2.47. The SMILES string of the molecule is Cc1ccc(O)c(C(=O)N2CC(C)(OCC(=O)O)C2)c1. The molecule has 0 atom stereocenters. The third-order valence-corrected chi connectivity index (χ3v) is 3.26. The molecule has 1 amide bonds. The van der Waals surface area contributed by atoms with E-state index < -0.39 is 11.6 Å². The fraction of sp³-hybridized carbons (Fsp3) is 0.429. The number of ether oxygens (including phenoxy) is 1. The van der Waals surface area contributed by atoms with Crippen LogP contribution in [0.2, 0.25) is 0 Å². The fourth-order valence-electron chi connectivity index (χ4n) is 2.22. The van der Waals surface area contributed by atoms with E-state index in [2.05, 4.69) is 0 Å². The topological polar surface area (TPSA) is 87.1 Å². The van der Waals surface area contributed by atoms with Crippen molar-refractivity contribution in [2.75, 3.05) is 19.7 Å². The highest BCUT2D eigenvalue weighted by Gasteiger charge is 2.43. The Kier molecular flexibility index (Phi) is 3.67. The molecule has 6 nitrogen and oxygen atoms in total. The Morgan fingerprint density at radius 2 is 2.05 bits per heavy atom. The number of aromatic hydroxyl groups is 1. The molecule has 2 rings (SSSR count). The van der Waals surface area contributed by atoms with Crippen LogP contribution in [0.4, 0.5) is 0 Å². The number of aliphatic carboxylic acids is 1. The molecule has 1 aliphatic heterocycles. The number of likely N-dealkylation sites (tertiary alicyclic amines) is 1. The summed E-state index contributed by atoms with van der Waals surface area (Å²) < 4.78 is 5.24. The third kappa shape index (κ3) is 2.91. The molecule has 108 valence electrons. The molecule has 0 aliphatic carbocycles. The quantitative estimate of drug-likeness (QED) is 0.859. The lowest BCUT2D eigenvalue weighted by Crippen LogP contribution is -2.63. The second-order valence-corrected chi connectivity index (χ2v) is 5.31. The van der Waals surface area contributed by atoms with Crippen LogP contribution in [0.3, 0.4) is 0 Å². The molecule has 1 fully saturated rings. The van der Waals surface area contributed by atoms with E-state index in [0.717, 1.165) is 5.56 Å². The van der Waals surface area contributed by atoms with Crippen LogP contribution < -0.4 is 0 Å². The predicted octanol–water partition coefficient (Wildman–Crippen LogP) is 1.02. The Morgan fingerprint density at radius 3 is 2.65 bits per heavy atom. The van der Waals surface area contributed by atoms with E-state index >= 15 is 0 Å². The van der Waals surface area contributed by atoms with E-state index in [4.69, 9.17) is 9.84 Å². The number of phenolic OH excluding ortho intramolecular Hbond substituents is 1. The average molecular weight is 279 g/mol. The number of amides is 1. The van der Waals surface area contributed by atoms with Gasteiger partial charge in [0.2, 0.25) is 0 Å². The van der Waals surface area contributed by atoms with Gasteiger partial charge in [0.25, 0.3) is 5.91 Å². The second kappa shape index (κ2) is 5.13. The monoisotopic (exact) mass is 279 g/mol. The first-order chi connectivity index (χ1) is 9.31. The molecule has 1 aliphatic rings. The molecule has 0 saturated carbocycles. The zero-order valence-corrected chi connectivity index (χ0v) is 11.4. The molecule has 20 heavy (non-hydrogen) atoms. The summed E-state index contributed by atoms with van der Waals surface area (Å²) in [5.74, 6) is -1.37. The molecule has 1 aromatic rings. The molecule has 0 bridgehead atoms. The Labute approximate surface area is 116 Å². The summed E-state index contributed by atoms with van der Waals surface area (Å²) in [5.41, 5.74) is 0.509. The number of hydrogen-bond acceptors (Lipinski definition) is 4. The first kappa shape index (κ1) is 14.3. The van der Waals surface area contributed by atoms with Crippen LogP contribution in [0.15, 0.2) is 18.2 Å². The van der Waals surface area contributed by atoms with Crippen molar-refractivity contribution in [3.8, 4) is 5.75 Å². The van der Waals surface area contributed by atoms with E-state index in [0.29, 0.717) is 13.1 Å². The van der Waals surface area contributed by atoms with E-state index in [1.54, 1.807) is 19.1 Å². The number of carbonyl (C=O) groups is 2. The Bertz CT molecular complexity index is 548. The van der Waals surface area contributed by atoms with Crippen molar-refractivity contribution in [3.05, 3.63) is 29.3 Å². The van der Waals surface area contributed by atoms with Gasteiger partial charge in [0.05, 0.1) is 18.7 Å². The molecule has 0 aromatic heterocycles. The van der Waals surface area contributed by atoms with Crippen LogP contribution in [0.5, 0.6) is 5.75 Å². The minimum atomic E-state index is -1.03. The Hall–Kier alpha value is -2.08. The molecular formula is C14H17NO5. The molecule has 6 heteroatoms. The molecule has 0 unspecified atom stereocenters. The number of aryl methyl sites for hydroxylation is 1. The first-order valence-electron chi connectivity index (χ1n) is 6.25. The highest BCUT2D eigenvalue weighted by Crippen LogP contribution is 2.29. The smallest absolute Gasteiger partial charge is 0.329 e. The van der Waals surface area contributed by atoms with Gasteiger partial charge < -0.3 is 19.8 Å². The normalized spacial score (nSPS) is 16.6. The number of hydrogen-bond donors (Lipinski definition) is 2. The zero-order valence-electron chi connectivity index (χ0n) is 11.4. The van der Waals surface area contributed by atoms with Gasteiger partial charge in [0.15, 0.2) is 0 Å². The predicted molar refractivity (Wildman–Crippen MR) is 70.7 cm³/mol. The molecule has 2 N–H and O–H groups in total. The van der Waals surface area contributed by atoms with E-state index in [9.17, 15) is 14.7 Å². The summed E-state index contributed by atoms with van der Waals surface area (Å²) in [6.07, 6.45) is 0. The maximum absolute atomic E-state index is 12.2. The highest BCUT2D eigenvalue weighted by atomic mass is 16.5. The van der Waals surface area contributed by atoms with Crippen molar-refractivity contribution in [2.45, 2.75) is 19.4 Å². The van der Waals surface area contributed by atoms with Gasteiger partial charge in [-0.05, 0) is 26.0 Å². The van der Waals surface area contributed by atoms with Gasteiger partial charge >= 0.3 is 5.97 Å². The minimum absolute atomic E-state index is 0.0549. The Morgan fingerprint density at radius 1 is 1.40 bits per heavy atom. The molecule has 1 aromatic carbocycles. The van der Waals surface area contributed by atoms with Gasteiger partial charge in [-0.3, -0.25) is 4.79 Å². The van der Waals surface area contributed by atoms with Gasteiger partial charge in [0, 0.05) is 0 Å². The van der Waals surface area contributed by atoms with E-state index in [1.807, 2.05) is 6.92 Å². The highest BCUT2D eigenvalue weighted by molar-refractivity contribution is 5.97. The fourth-order valence-corrected chi connectivity index (χ4v) is 2.22. The zero-order chi connectivity index (χ0) is 14.9. The van der Waals surface area contributed by atoms with Crippen LogP contribution in [0.1, 0.15) is 22.8 Å². The standard InChI is InChI=1S/C14H17NO5/c1-9-3-4-11(16)10(5-9)13(19)15-7-14(2,8-15)20-6-12(17)18/h3-5,16H,6-8H2,1-2H3,(H,17,18). The molecule has 0 radical (unpaired) electrons. The van der Waals surface area contributed by atoms with Crippen molar-refractivity contribution >= 4 is 11.9 Å².